The predicted octanol–water partition coefficient (Wildman–Crippen LogP) is 1.70. The summed E-state index contributed by atoms with van der Waals surface area (Å²) in [4.78, 5) is 2.06. The first-order valence-corrected chi connectivity index (χ1v) is 4.56. The Morgan fingerprint density at radius 3 is 2.93 bits per heavy atom. The molecule has 0 fully saturated rings. The number of hydrogen-bond acceptors (Lipinski definition) is 2. The molecule has 1 rings (SSSR count). The number of benzene rings is 1. The maximum atomic E-state index is 12.8. The molecule has 77 valence electrons. The second-order valence-corrected chi connectivity index (χ2v) is 3.25. The molecule has 1 radical (unpaired) electrons. The summed E-state index contributed by atoms with van der Waals surface area (Å²) in [6.45, 7) is 2.22. The summed E-state index contributed by atoms with van der Waals surface area (Å²) in [5.74, 6) is -0.303. The summed E-state index contributed by atoms with van der Waals surface area (Å²) in [6.07, 6.45) is 0. The Balaban J connectivity index is 2.43. The van der Waals surface area contributed by atoms with E-state index in [-0.39, 0.29) is 5.82 Å². The third-order valence-corrected chi connectivity index (χ3v) is 1.94. The van der Waals surface area contributed by atoms with Crippen LogP contribution >= 0.6 is 0 Å². The molecule has 0 bridgehead atoms. The first-order valence-electron chi connectivity index (χ1n) is 4.56. The average molecular weight is 196 g/mol. The molecule has 1 aromatic carbocycles. The topological polar surface area (TPSA) is 12.5 Å². The molecular formula is C11H15FNO. The van der Waals surface area contributed by atoms with Crippen molar-refractivity contribution in [3.05, 3.63) is 35.6 Å². The van der Waals surface area contributed by atoms with Crippen molar-refractivity contribution in [3.8, 4) is 0 Å². The molecule has 2 nitrogen and oxygen atoms in total. The standard InChI is InChI=1S/C11H15FNO/c1-13(6-7-14-2)9-10-4-3-5-11(12)8-10/h3-5H,6-7,9H2,1-2H3. The van der Waals surface area contributed by atoms with Crippen molar-refractivity contribution < 1.29 is 9.13 Å². The predicted molar refractivity (Wildman–Crippen MR) is 53.4 cm³/mol. The number of methoxy groups -OCH3 is 1. The molecule has 3 heteroatoms. The van der Waals surface area contributed by atoms with Crippen LogP contribution in [0.15, 0.2) is 18.2 Å². The number of rotatable bonds is 5. The van der Waals surface area contributed by atoms with Crippen molar-refractivity contribution in [3.63, 3.8) is 0 Å². The molecule has 0 atom stereocenters. The third-order valence-electron chi connectivity index (χ3n) is 1.94. The van der Waals surface area contributed by atoms with Gasteiger partial charge >= 0.3 is 0 Å². The van der Waals surface area contributed by atoms with Crippen molar-refractivity contribution in [2.75, 3.05) is 27.3 Å². The maximum Gasteiger partial charge on any atom is 0.131 e. The van der Waals surface area contributed by atoms with Gasteiger partial charge in [-0.05, 0) is 18.7 Å². The molecule has 0 aliphatic carbocycles. The van der Waals surface area contributed by atoms with E-state index in [4.69, 9.17) is 4.74 Å². The van der Waals surface area contributed by atoms with E-state index in [0.29, 0.717) is 13.2 Å². The van der Waals surface area contributed by atoms with Gasteiger partial charge in [-0.25, -0.2) is 4.39 Å². The fourth-order valence-corrected chi connectivity index (χ4v) is 1.19. The Morgan fingerprint density at radius 2 is 2.29 bits per heavy atom. The van der Waals surface area contributed by atoms with E-state index in [1.54, 1.807) is 13.2 Å². The van der Waals surface area contributed by atoms with Crippen molar-refractivity contribution in [2.24, 2.45) is 0 Å². The van der Waals surface area contributed by atoms with Crippen LogP contribution in [0.25, 0.3) is 0 Å². The van der Waals surface area contributed by atoms with Crippen LogP contribution in [0.1, 0.15) is 5.56 Å². The molecule has 0 spiro atoms. The van der Waals surface area contributed by atoms with Gasteiger partial charge < -0.3 is 4.74 Å². The maximum absolute atomic E-state index is 12.8. The number of hydrogen-bond donors (Lipinski definition) is 0. The molecule has 0 amide bonds. The van der Waals surface area contributed by atoms with Gasteiger partial charge in [-0.3, -0.25) is 4.90 Å². The summed E-state index contributed by atoms with van der Waals surface area (Å²) >= 11 is 0. The van der Waals surface area contributed by atoms with Crippen molar-refractivity contribution in [1.29, 1.82) is 0 Å². The van der Waals surface area contributed by atoms with E-state index >= 15 is 0 Å². The molecule has 0 aliphatic heterocycles. The normalized spacial score (nSPS) is 10.9. The Morgan fingerprint density at radius 1 is 1.50 bits per heavy atom. The zero-order chi connectivity index (χ0) is 10.4. The molecule has 0 saturated carbocycles. The summed E-state index contributed by atoms with van der Waals surface area (Å²) in [5.41, 5.74) is 0.864. The van der Waals surface area contributed by atoms with Crippen molar-refractivity contribution in [2.45, 2.75) is 6.54 Å². The lowest BCUT2D eigenvalue weighted by molar-refractivity contribution is 0.158. The van der Waals surface area contributed by atoms with Gasteiger partial charge in [0.15, 0.2) is 0 Å². The van der Waals surface area contributed by atoms with Crippen LogP contribution in [0.2, 0.25) is 0 Å². The summed E-state index contributed by atoms with van der Waals surface area (Å²) in [5, 5.41) is 0. The molecule has 0 aromatic heterocycles. The number of ether oxygens (including phenoxy) is 1. The molecular weight excluding hydrogens is 181 g/mol. The van der Waals surface area contributed by atoms with E-state index in [1.807, 2.05) is 13.1 Å². The SMILES string of the molecule is COCCN(C)Cc1[c]c(F)ccc1. The minimum absolute atomic E-state index is 0.303. The van der Waals surface area contributed by atoms with E-state index in [9.17, 15) is 4.39 Å². The lowest BCUT2D eigenvalue weighted by Gasteiger charge is -2.15. The van der Waals surface area contributed by atoms with E-state index < -0.39 is 0 Å². The van der Waals surface area contributed by atoms with Crippen molar-refractivity contribution >= 4 is 0 Å². The molecule has 0 N–H and O–H groups in total. The molecule has 0 aliphatic rings. The smallest absolute Gasteiger partial charge is 0.131 e. The Labute approximate surface area is 84.3 Å². The van der Waals surface area contributed by atoms with Gasteiger partial charge in [0.25, 0.3) is 0 Å². The summed E-state index contributed by atoms with van der Waals surface area (Å²) in [6, 6.07) is 7.63. The second kappa shape index (κ2) is 5.73. The first-order chi connectivity index (χ1) is 6.72. The monoisotopic (exact) mass is 196 g/mol. The number of likely N-dealkylation sites (N-methyl/N-ethyl adjacent to an activating group) is 1. The van der Waals surface area contributed by atoms with Gasteiger partial charge in [0.05, 0.1) is 6.61 Å². The highest BCUT2D eigenvalue weighted by molar-refractivity contribution is 5.14. The quantitative estimate of drug-likeness (QED) is 0.710. The van der Waals surface area contributed by atoms with Gasteiger partial charge in [0.1, 0.15) is 5.82 Å². The molecule has 14 heavy (non-hydrogen) atoms. The van der Waals surface area contributed by atoms with Gasteiger partial charge in [-0.1, -0.05) is 12.1 Å². The fourth-order valence-electron chi connectivity index (χ4n) is 1.19. The zero-order valence-corrected chi connectivity index (χ0v) is 8.59. The Kier molecular flexibility index (Phi) is 4.56. The highest BCUT2D eigenvalue weighted by Gasteiger charge is 2.00. The number of nitrogens with zero attached hydrogens (tertiary/aromatic N) is 1. The first kappa shape index (κ1) is 11.1. The molecule has 0 unspecified atom stereocenters. The molecule has 0 saturated heterocycles. The second-order valence-electron chi connectivity index (χ2n) is 3.25. The zero-order valence-electron chi connectivity index (χ0n) is 8.59. The Bertz CT molecular complexity index is 278. The lowest BCUT2D eigenvalue weighted by Crippen LogP contribution is -2.22. The molecule has 1 aromatic rings. The largest absolute Gasteiger partial charge is 0.383 e. The van der Waals surface area contributed by atoms with E-state index in [1.165, 1.54) is 6.07 Å². The highest BCUT2D eigenvalue weighted by Crippen LogP contribution is 2.04. The van der Waals surface area contributed by atoms with E-state index in [0.717, 1.165) is 12.1 Å². The Hall–Kier alpha value is -0.930. The van der Waals surface area contributed by atoms with Crippen LogP contribution in [-0.2, 0) is 11.3 Å². The highest BCUT2D eigenvalue weighted by atomic mass is 19.1. The van der Waals surface area contributed by atoms with Crippen LogP contribution in [0.4, 0.5) is 4.39 Å². The third kappa shape index (κ3) is 3.85. The number of halogens is 1. The van der Waals surface area contributed by atoms with Gasteiger partial charge in [-0.2, -0.15) is 0 Å². The van der Waals surface area contributed by atoms with Gasteiger partial charge in [0, 0.05) is 26.3 Å². The minimum atomic E-state index is -0.303. The lowest BCUT2D eigenvalue weighted by atomic mass is 10.2. The van der Waals surface area contributed by atoms with Crippen LogP contribution in [0.5, 0.6) is 0 Å². The average Bonchev–Trinajstić information content (AvgIpc) is 2.15. The van der Waals surface area contributed by atoms with Gasteiger partial charge in [0.2, 0.25) is 0 Å². The van der Waals surface area contributed by atoms with Crippen molar-refractivity contribution in [1.82, 2.24) is 4.90 Å². The van der Waals surface area contributed by atoms with Crippen LogP contribution < -0.4 is 0 Å². The van der Waals surface area contributed by atoms with Crippen LogP contribution in [0, 0.1) is 11.9 Å². The summed E-state index contributed by atoms with van der Waals surface area (Å²) < 4.78 is 17.7. The minimum Gasteiger partial charge on any atom is -0.383 e. The fraction of sp³-hybridized carbons (Fsp3) is 0.455. The van der Waals surface area contributed by atoms with Crippen LogP contribution in [0.3, 0.4) is 0 Å². The molecule has 0 heterocycles. The van der Waals surface area contributed by atoms with Crippen LogP contribution in [-0.4, -0.2) is 32.2 Å². The van der Waals surface area contributed by atoms with Gasteiger partial charge in [-0.15, -0.1) is 0 Å². The van der Waals surface area contributed by atoms with E-state index in [2.05, 4.69) is 11.0 Å². The summed E-state index contributed by atoms with van der Waals surface area (Å²) in [7, 11) is 3.64.